The zero-order valence-electron chi connectivity index (χ0n) is 14.0. The first kappa shape index (κ1) is 19.3. The number of amides is 1. The number of carbonyl (C=O) groups excluding carboxylic acids is 1. The van der Waals surface area contributed by atoms with E-state index in [1.165, 1.54) is 11.6 Å². The summed E-state index contributed by atoms with van der Waals surface area (Å²) in [7, 11) is 0. The highest BCUT2D eigenvalue weighted by Crippen LogP contribution is 2.35. The van der Waals surface area contributed by atoms with Gasteiger partial charge in [-0.15, -0.1) is 0 Å². The lowest BCUT2D eigenvalue weighted by Gasteiger charge is -2.07. The van der Waals surface area contributed by atoms with Crippen molar-refractivity contribution >= 4 is 17.5 Å². The van der Waals surface area contributed by atoms with Crippen LogP contribution in [0.1, 0.15) is 40.7 Å². The molecular weight excluding hydrogens is 355 g/mol. The van der Waals surface area contributed by atoms with Crippen molar-refractivity contribution < 1.29 is 18.0 Å². The fourth-order valence-corrected chi connectivity index (χ4v) is 2.59. The van der Waals surface area contributed by atoms with E-state index in [1.807, 2.05) is 19.1 Å². The van der Waals surface area contributed by atoms with Gasteiger partial charge in [0.1, 0.15) is 0 Å². The van der Waals surface area contributed by atoms with Crippen molar-refractivity contribution in [2.75, 3.05) is 6.54 Å². The summed E-state index contributed by atoms with van der Waals surface area (Å²) in [5.41, 5.74) is 0.875. The molecule has 2 aromatic rings. The van der Waals surface area contributed by atoms with Crippen molar-refractivity contribution in [3.8, 4) is 0 Å². The summed E-state index contributed by atoms with van der Waals surface area (Å²) >= 11 is 5.69. The zero-order chi connectivity index (χ0) is 18.6. The molecule has 0 aliphatic heterocycles. The molecule has 4 nitrogen and oxygen atoms in total. The van der Waals surface area contributed by atoms with Crippen molar-refractivity contribution in [2.24, 2.45) is 0 Å². The van der Waals surface area contributed by atoms with Crippen molar-refractivity contribution in [1.29, 1.82) is 0 Å². The van der Waals surface area contributed by atoms with Gasteiger partial charge >= 0.3 is 6.18 Å². The quantitative estimate of drug-likeness (QED) is 0.769. The van der Waals surface area contributed by atoms with Crippen LogP contribution in [0.25, 0.3) is 0 Å². The molecule has 0 radical (unpaired) electrons. The maximum atomic E-state index is 12.8. The molecule has 2 rings (SSSR count). The Kier molecular flexibility index (Phi) is 6.11. The molecule has 0 saturated carbocycles. The summed E-state index contributed by atoms with van der Waals surface area (Å²) in [5.74, 6) is -0.214. The number of carbonyl (C=O) groups is 1. The fourth-order valence-electron chi connectivity index (χ4n) is 2.35. The Balaban J connectivity index is 1.88. The van der Waals surface area contributed by atoms with Gasteiger partial charge in [-0.25, -0.2) is 0 Å². The van der Waals surface area contributed by atoms with Gasteiger partial charge in [0.05, 0.1) is 10.7 Å². The van der Waals surface area contributed by atoms with Crippen LogP contribution in [0.2, 0.25) is 5.02 Å². The Bertz CT molecular complexity index is 739. The smallest absolute Gasteiger partial charge is 0.352 e. The minimum Gasteiger partial charge on any atom is -0.352 e. The van der Waals surface area contributed by atoms with Crippen LogP contribution >= 0.6 is 11.6 Å². The number of alkyl halides is 3. The third-order valence-corrected chi connectivity index (χ3v) is 4.31. The maximum absolute atomic E-state index is 12.8. The summed E-state index contributed by atoms with van der Waals surface area (Å²) in [6, 6.07) is 7.29. The van der Waals surface area contributed by atoms with Crippen LogP contribution in [-0.4, -0.2) is 22.2 Å². The van der Waals surface area contributed by atoms with Crippen molar-refractivity contribution in [3.63, 3.8) is 0 Å². The number of hydrogen-bond acceptors (Lipinski definition) is 2. The van der Waals surface area contributed by atoms with Crippen LogP contribution in [0, 0.1) is 6.92 Å². The molecule has 136 valence electrons. The molecule has 1 aromatic heterocycles. The van der Waals surface area contributed by atoms with Crippen molar-refractivity contribution in [1.82, 2.24) is 15.1 Å². The topological polar surface area (TPSA) is 46.9 Å². The van der Waals surface area contributed by atoms with Gasteiger partial charge < -0.3 is 5.32 Å². The van der Waals surface area contributed by atoms with E-state index in [-0.39, 0.29) is 23.2 Å². The monoisotopic (exact) mass is 373 g/mol. The van der Waals surface area contributed by atoms with E-state index < -0.39 is 11.9 Å². The lowest BCUT2D eigenvalue weighted by atomic mass is 10.1. The van der Waals surface area contributed by atoms with Crippen LogP contribution in [-0.2, 0) is 19.1 Å². The Morgan fingerprint density at radius 3 is 2.44 bits per heavy atom. The molecule has 0 bridgehead atoms. The number of aryl methyl sites for hydroxylation is 2. The van der Waals surface area contributed by atoms with Gasteiger partial charge in [-0.3, -0.25) is 9.48 Å². The first-order chi connectivity index (χ1) is 11.7. The second-order valence-corrected chi connectivity index (χ2v) is 6.01. The normalized spacial score (nSPS) is 11.6. The second-order valence-electron chi connectivity index (χ2n) is 5.63. The number of nitrogens with one attached hydrogen (secondary N) is 1. The largest absolute Gasteiger partial charge is 0.436 e. The number of hydrogen-bond donors (Lipinski definition) is 1. The lowest BCUT2D eigenvalue weighted by Crippen LogP contribution is -2.25. The molecule has 0 atom stereocenters. The molecule has 1 N–H and O–H groups in total. The molecule has 1 heterocycles. The summed E-state index contributed by atoms with van der Waals surface area (Å²) in [6.45, 7) is 4.07. The molecule has 0 spiro atoms. The van der Waals surface area contributed by atoms with Gasteiger partial charge in [-0.05, 0) is 37.5 Å². The summed E-state index contributed by atoms with van der Waals surface area (Å²) < 4.78 is 39.5. The van der Waals surface area contributed by atoms with Crippen LogP contribution in [0.5, 0.6) is 0 Å². The Labute approximate surface area is 149 Å². The molecule has 1 aromatic carbocycles. The van der Waals surface area contributed by atoms with E-state index in [0.717, 1.165) is 12.0 Å². The van der Waals surface area contributed by atoms with Gasteiger partial charge in [0, 0.05) is 18.7 Å². The molecule has 0 saturated heterocycles. The number of rotatable bonds is 6. The van der Waals surface area contributed by atoms with Crippen LogP contribution in [0.15, 0.2) is 24.3 Å². The molecule has 0 unspecified atom stereocenters. The predicted octanol–water partition coefficient (Wildman–Crippen LogP) is 4.25. The van der Waals surface area contributed by atoms with Crippen molar-refractivity contribution in [2.45, 2.75) is 39.4 Å². The second kappa shape index (κ2) is 7.91. The minimum absolute atomic E-state index is 0.214. The highest BCUT2D eigenvalue weighted by molar-refractivity contribution is 6.31. The average Bonchev–Trinajstić information content (AvgIpc) is 2.87. The van der Waals surface area contributed by atoms with Crippen LogP contribution < -0.4 is 5.32 Å². The first-order valence-corrected chi connectivity index (χ1v) is 8.29. The van der Waals surface area contributed by atoms with E-state index in [0.29, 0.717) is 18.5 Å². The standard InChI is InChI=1S/C17H19ClF3N3O/c1-3-12-5-7-13(8-6-12)16(25)22-9-4-10-24-11(2)14(18)15(23-24)17(19,20)21/h5-8H,3-4,9-10H2,1-2H3,(H,22,25). The third-order valence-electron chi connectivity index (χ3n) is 3.86. The van der Waals surface area contributed by atoms with Gasteiger partial charge in [0.15, 0.2) is 5.69 Å². The van der Waals surface area contributed by atoms with Crippen LogP contribution in [0.3, 0.4) is 0 Å². The number of benzene rings is 1. The van der Waals surface area contributed by atoms with E-state index in [4.69, 9.17) is 11.6 Å². The Hall–Kier alpha value is -2.02. The molecule has 1 amide bonds. The van der Waals surface area contributed by atoms with Gasteiger partial charge in [0.2, 0.25) is 0 Å². The van der Waals surface area contributed by atoms with E-state index in [2.05, 4.69) is 10.4 Å². The summed E-state index contributed by atoms with van der Waals surface area (Å²) in [5, 5.41) is 5.88. The Morgan fingerprint density at radius 1 is 1.28 bits per heavy atom. The molecule has 25 heavy (non-hydrogen) atoms. The predicted molar refractivity (Wildman–Crippen MR) is 89.7 cm³/mol. The van der Waals surface area contributed by atoms with E-state index in [9.17, 15) is 18.0 Å². The molecule has 0 aliphatic rings. The average molecular weight is 374 g/mol. The molecule has 0 fully saturated rings. The number of halogens is 4. The van der Waals surface area contributed by atoms with Gasteiger partial charge in [0.25, 0.3) is 5.91 Å². The van der Waals surface area contributed by atoms with Crippen LogP contribution in [0.4, 0.5) is 13.2 Å². The minimum atomic E-state index is -4.58. The van der Waals surface area contributed by atoms with Crippen molar-refractivity contribution in [3.05, 3.63) is 51.8 Å². The third kappa shape index (κ3) is 4.75. The zero-order valence-corrected chi connectivity index (χ0v) is 14.7. The van der Waals surface area contributed by atoms with Gasteiger partial charge in [-0.2, -0.15) is 18.3 Å². The van der Waals surface area contributed by atoms with E-state index in [1.54, 1.807) is 12.1 Å². The SMILES string of the molecule is CCc1ccc(C(=O)NCCCn2nc(C(F)(F)F)c(Cl)c2C)cc1. The molecule has 0 aliphatic carbocycles. The number of aromatic nitrogens is 2. The van der Waals surface area contributed by atoms with E-state index >= 15 is 0 Å². The fraction of sp³-hybridized carbons (Fsp3) is 0.412. The number of nitrogens with zero attached hydrogens (tertiary/aromatic N) is 2. The maximum Gasteiger partial charge on any atom is 0.436 e. The summed E-state index contributed by atoms with van der Waals surface area (Å²) in [4.78, 5) is 12.0. The molecular formula is C17H19ClF3N3O. The Morgan fingerprint density at radius 2 is 1.92 bits per heavy atom. The highest BCUT2D eigenvalue weighted by atomic mass is 35.5. The van der Waals surface area contributed by atoms with Gasteiger partial charge in [-0.1, -0.05) is 30.7 Å². The first-order valence-electron chi connectivity index (χ1n) is 7.91. The highest BCUT2D eigenvalue weighted by Gasteiger charge is 2.38. The summed E-state index contributed by atoms with van der Waals surface area (Å²) in [6.07, 6.45) is -3.24. The molecule has 8 heteroatoms. The lowest BCUT2D eigenvalue weighted by molar-refractivity contribution is -0.141.